The summed E-state index contributed by atoms with van der Waals surface area (Å²) in [5.41, 5.74) is 0.516. The van der Waals surface area contributed by atoms with Gasteiger partial charge in [-0.05, 0) is 12.1 Å². The van der Waals surface area contributed by atoms with Crippen molar-refractivity contribution in [1.29, 1.82) is 0 Å². The van der Waals surface area contributed by atoms with Gasteiger partial charge in [-0.3, -0.25) is 0 Å². The summed E-state index contributed by atoms with van der Waals surface area (Å²) in [6.07, 6.45) is -4.98. The van der Waals surface area contributed by atoms with Crippen LogP contribution < -0.4 is 15.4 Å². The summed E-state index contributed by atoms with van der Waals surface area (Å²) in [5, 5.41) is 13.7. The molecule has 3 N–H and O–H groups in total. The van der Waals surface area contributed by atoms with Crippen LogP contribution in [0.4, 0.5) is 33.7 Å². The molecule has 24 heavy (non-hydrogen) atoms. The van der Waals surface area contributed by atoms with E-state index < -0.39 is 24.0 Å². The molecule has 0 aliphatic carbocycles. The van der Waals surface area contributed by atoms with Crippen LogP contribution in [0.5, 0.6) is 5.75 Å². The first-order valence-electron chi connectivity index (χ1n) is 6.60. The van der Waals surface area contributed by atoms with Crippen LogP contribution in [0.25, 0.3) is 0 Å². The second-order valence-corrected chi connectivity index (χ2v) is 4.62. The van der Waals surface area contributed by atoms with Crippen molar-refractivity contribution in [2.24, 2.45) is 0 Å². The van der Waals surface area contributed by atoms with Crippen molar-refractivity contribution in [3.8, 4) is 5.75 Å². The Morgan fingerprint density at radius 1 is 1.12 bits per heavy atom. The number of ether oxygens (including phenoxy) is 1. The zero-order valence-corrected chi connectivity index (χ0v) is 12.0. The molecule has 0 radical (unpaired) electrons. The quantitative estimate of drug-likeness (QED) is 0.738. The predicted octanol–water partition coefficient (Wildman–Crippen LogP) is 3.86. The van der Waals surface area contributed by atoms with E-state index in [1.54, 1.807) is 18.2 Å². The number of benzene rings is 2. The second kappa shape index (κ2) is 7.18. The third-order valence-electron chi connectivity index (χ3n) is 2.80. The number of nitrogens with one attached hydrogen (secondary N) is 2. The maximum Gasteiger partial charge on any atom is 0.573 e. The minimum absolute atomic E-state index is 0.228. The minimum Gasteiger partial charge on any atom is -0.406 e. The van der Waals surface area contributed by atoms with Gasteiger partial charge in [0.15, 0.2) is 0 Å². The van der Waals surface area contributed by atoms with Gasteiger partial charge in [-0.1, -0.05) is 18.2 Å². The molecule has 128 valence electrons. The molecule has 2 aromatic rings. The Labute approximate surface area is 133 Å². The van der Waals surface area contributed by atoms with Crippen LogP contribution in [0.2, 0.25) is 0 Å². The van der Waals surface area contributed by atoms with Gasteiger partial charge < -0.3 is 20.5 Å². The standard InChI is InChI=1S/C15H12F4N2O3/c16-10-5-11(7-12(6-10)24-15(17,18)19)20-14(23)21-13-4-2-1-3-9(13)8-22/h1-7,22H,8H2,(H2,20,21,23). The van der Waals surface area contributed by atoms with Crippen LogP contribution in [0.15, 0.2) is 42.5 Å². The fraction of sp³-hybridized carbons (Fsp3) is 0.133. The van der Waals surface area contributed by atoms with Crippen molar-refractivity contribution < 1.29 is 32.2 Å². The summed E-state index contributed by atoms with van der Waals surface area (Å²) in [6, 6.07) is 7.75. The van der Waals surface area contributed by atoms with Gasteiger partial charge in [-0.25, -0.2) is 9.18 Å². The number of para-hydroxylation sites is 1. The molecule has 0 unspecified atom stereocenters. The predicted molar refractivity (Wildman–Crippen MR) is 78.1 cm³/mol. The number of anilines is 2. The minimum atomic E-state index is -4.98. The number of urea groups is 1. The molecule has 5 nitrogen and oxygen atoms in total. The number of aliphatic hydroxyl groups is 1. The SMILES string of the molecule is O=C(Nc1cc(F)cc(OC(F)(F)F)c1)Nc1ccccc1CO. The first-order chi connectivity index (χ1) is 11.3. The van der Waals surface area contributed by atoms with E-state index in [2.05, 4.69) is 15.4 Å². The number of carbonyl (C=O) groups is 1. The normalized spacial score (nSPS) is 11.0. The molecule has 9 heteroatoms. The average Bonchev–Trinajstić information content (AvgIpc) is 2.45. The monoisotopic (exact) mass is 344 g/mol. The molecule has 0 saturated carbocycles. The lowest BCUT2D eigenvalue weighted by molar-refractivity contribution is -0.274. The van der Waals surface area contributed by atoms with E-state index >= 15 is 0 Å². The molecule has 2 rings (SSSR count). The zero-order valence-electron chi connectivity index (χ0n) is 12.0. The van der Waals surface area contributed by atoms with Gasteiger partial charge in [0.05, 0.1) is 6.61 Å². The van der Waals surface area contributed by atoms with Gasteiger partial charge in [-0.2, -0.15) is 0 Å². The first-order valence-corrected chi connectivity index (χ1v) is 6.60. The fourth-order valence-electron chi connectivity index (χ4n) is 1.89. The maximum absolute atomic E-state index is 13.3. The van der Waals surface area contributed by atoms with E-state index in [1.807, 2.05) is 0 Å². The highest BCUT2D eigenvalue weighted by Gasteiger charge is 2.31. The van der Waals surface area contributed by atoms with Crippen molar-refractivity contribution >= 4 is 17.4 Å². The molecule has 0 aromatic heterocycles. The Morgan fingerprint density at radius 2 is 1.83 bits per heavy atom. The Morgan fingerprint density at radius 3 is 2.50 bits per heavy atom. The van der Waals surface area contributed by atoms with Gasteiger partial charge in [0, 0.05) is 29.1 Å². The summed E-state index contributed by atoms with van der Waals surface area (Å²) in [5.74, 6) is -1.81. The number of hydrogen-bond donors (Lipinski definition) is 3. The van der Waals surface area contributed by atoms with Crippen molar-refractivity contribution in [1.82, 2.24) is 0 Å². The molecule has 2 amide bonds. The highest BCUT2D eigenvalue weighted by molar-refractivity contribution is 6.00. The van der Waals surface area contributed by atoms with Crippen molar-refractivity contribution in [2.75, 3.05) is 10.6 Å². The van der Waals surface area contributed by atoms with Crippen LogP contribution in [-0.2, 0) is 6.61 Å². The van der Waals surface area contributed by atoms with Crippen LogP contribution in [-0.4, -0.2) is 17.5 Å². The number of aliphatic hydroxyl groups excluding tert-OH is 1. The highest BCUT2D eigenvalue weighted by atomic mass is 19.4. The van der Waals surface area contributed by atoms with Gasteiger partial charge >= 0.3 is 12.4 Å². The third-order valence-corrected chi connectivity index (χ3v) is 2.80. The summed E-state index contributed by atoms with van der Waals surface area (Å²) in [6.45, 7) is -0.319. The number of alkyl halides is 3. The third kappa shape index (κ3) is 5.13. The lowest BCUT2D eigenvalue weighted by Crippen LogP contribution is -2.21. The molecule has 0 spiro atoms. The molecule has 0 fully saturated rings. The Bertz CT molecular complexity index is 735. The van der Waals surface area contributed by atoms with E-state index in [4.69, 9.17) is 5.11 Å². The summed E-state index contributed by atoms with van der Waals surface area (Å²) in [4.78, 5) is 11.9. The molecule has 0 atom stereocenters. The molecule has 0 aliphatic heterocycles. The highest BCUT2D eigenvalue weighted by Crippen LogP contribution is 2.26. The van der Waals surface area contributed by atoms with Crippen LogP contribution >= 0.6 is 0 Å². The molecule has 0 saturated heterocycles. The molecular weight excluding hydrogens is 332 g/mol. The van der Waals surface area contributed by atoms with Gasteiger partial charge in [0.25, 0.3) is 0 Å². The number of carbonyl (C=O) groups excluding carboxylic acids is 1. The van der Waals surface area contributed by atoms with Crippen LogP contribution in [0, 0.1) is 5.82 Å². The Hall–Kier alpha value is -2.81. The van der Waals surface area contributed by atoms with Crippen LogP contribution in [0.1, 0.15) is 5.56 Å². The first kappa shape index (κ1) is 17.5. The summed E-state index contributed by atoms with van der Waals surface area (Å²) < 4.78 is 53.5. The van der Waals surface area contributed by atoms with Crippen molar-refractivity contribution in [3.05, 3.63) is 53.8 Å². The molecular formula is C15H12F4N2O3. The van der Waals surface area contributed by atoms with Crippen molar-refractivity contribution in [2.45, 2.75) is 13.0 Å². The zero-order chi connectivity index (χ0) is 17.7. The van der Waals surface area contributed by atoms with E-state index in [0.717, 1.165) is 12.1 Å². The number of halogens is 4. The Balaban J connectivity index is 2.11. The molecule has 0 bridgehead atoms. The summed E-state index contributed by atoms with van der Waals surface area (Å²) >= 11 is 0. The topological polar surface area (TPSA) is 70.6 Å². The molecule has 0 heterocycles. The smallest absolute Gasteiger partial charge is 0.406 e. The fourth-order valence-corrected chi connectivity index (χ4v) is 1.89. The molecule has 2 aromatic carbocycles. The Kier molecular flexibility index (Phi) is 5.24. The van der Waals surface area contributed by atoms with Gasteiger partial charge in [-0.15, -0.1) is 13.2 Å². The van der Waals surface area contributed by atoms with Crippen LogP contribution in [0.3, 0.4) is 0 Å². The average molecular weight is 344 g/mol. The summed E-state index contributed by atoms with van der Waals surface area (Å²) in [7, 11) is 0. The molecule has 0 aliphatic rings. The lowest BCUT2D eigenvalue weighted by atomic mass is 10.2. The van der Waals surface area contributed by atoms with Crippen molar-refractivity contribution in [3.63, 3.8) is 0 Å². The van der Waals surface area contributed by atoms with E-state index in [1.165, 1.54) is 6.07 Å². The lowest BCUT2D eigenvalue weighted by Gasteiger charge is -2.13. The maximum atomic E-state index is 13.3. The second-order valence-electron chi connectivity index (χ2n) is 4.62. The van der Waals surface area contributed by atoms with Gasteiger partial charge in [0.1, 0.15) is 11.6 Å². The van der Waals surface area contributed by atoms with E-state index in [0.29, 0.717) is 17.3 Å². The van der Waals surface area contributed by atoms with E-state index in [9.17, 15) is 22.4 Å². The van der Waals surface area contributed by atoms with Gasteiger partial charge in [0.2, 0.25) is 0 Å². The number of hydrogen-bond acceptors (Lipinski definition) is 3. The van der Waals surface area contributed by atoms with E-state index in [-0.39, 0.29) is 12.3 Å². The number of rotatable bonds is 4. The number of amides is 2. The largest absolute Gasteiger partial charge is 0.573 e.